The number of ketones is 1. The molecule has 0 bridgehead atoms. The predicted molar refractivity (Wildman–Crippen MR) is 132 cm³/mol. The van der Waals surface area contributed by atoms with Gasteiger partial charge in [-0.2, -0.15) is 0 Å². The second-order valence-corrected chi connectivity index (χ2v) is 9.80. The van der Waals surface area contributed by atoms with Gasteiger partial charge in [-0.05, 0) is 13.1 Å². The second-order valence-electron chi connectivity index (χ2n) is 7.00. The summed E-state index contributed by atoms with van der Waals surface area (Å²) in [5, 5.41) is 2.85. The average Bonchev–Trinajstić information content (AvgIpc) is 2.93. The smallest absolute Gasteiger partial charge is 0.278 e. The van der Waals surface area contributed by atoms with Gasteiger partial charge in [-0.15, -0.1) is 0 Å². The topological polar surface area (TPSA) is 105 Å². The van der Waals surface area contributed by atoms with E-state index < -0.39 is 23.4 Å². The second kappa shape index (κ2) is 10.9. The van der Waals surface area contributed by atoms with Gasteiger partial charge in [-0.1, -0.05) is 77.0 Å². The lowest BCUT2D eigenvalue weighted by Gasteiger charge is -2.32. The molecule has 9 heteroatoms. The van der Waals surface area contributed by atoms with E-state index in [0.717, 1.165) is 11.3 Å². The van der Waals surface area contributed by atoms with Gasteiger partial charge in [0.2, 0.25) is 12.1 Å². The lowest BCUT2D eigenvalue weighted by Crippen LogP contribution is -2.65. The maximum absolute atomic E-state index is 13.8. The molecule has 2 aromatic rings. The molecule has 7 nitrogen and oxygen atoms in total. The predicted octanol–water partition coefficient (Wildman–Crippen LogP) is 2.19. The van der Waals surface area contributed by atoms with Gasteiger partial charge in [0.15, 0.2) is 0 Å². The summed E-state index contributed by atoms with van der Waals surface area (Å²) in [5.41, 5.74) is 6.58. The summed E-state index contributed by atoms with van der Waals surface area (Å²) >= 11 is 0. The van der Waals surface area contributed by atoms with E-state index in [0.29, 0.717) is 22.7 Å². The number of nitrogens with zero attached hydrogens (tertiary/aromatic N) is 2. The van der Waals surface area contributed by atoms with Crippen LogP contribution in [0.5, 0.6) is 0 Å². The minimum Gasteiger partial charge on any atom is -0.321 e. The summed E-state index contributed by atoms with van der Waals surface area (Å²) in [7, 11) is 4.56. The lowest BCUT2D eigenvalue weighted by atomic mass is 9.97. The minimum absolute atomic E-state index is 0.330. The van der Waals surface area contributed by atoms with Gasteiger partial charge in [-0.3, -0.25) is 19.7 Å². The molecule has 0 saturated heterocycles. The number of fused-ring (bicyclic) bond motifs is 1. The summed E-state index contributed by atoms with van der Waals surface area (Å²) in [6.07, 6.45) is 1.79. The Morgan fingerprint density at radius 1 is 1.19 bits per heavy atom. The van der Waals surface area contributed by atoms with Crippen LogP contribution in [-0.2, 0) is 14.4 Å². The molecule has 0 spiro atoms. The van der Waals surface area contributed by atoms with Crippen molar-refractivity contribution in [2.75, 3.05) is 30.0 Å². The van der Waals surface area contributed by atoms with E-state index in [1.165, 1.54) is 22.7 Å². The molecule has 2 aromatic carbocycles. The number of hydrogen-bond acceptors (Lipinski definition) is 8. The molecular formula is C23H25N4O3S2. The van der Waals surface area contributed by atoms with Crippen LogP contribution in [-0.4, -0.2) is 60.5 Å². The number of Topliss-reactive ketones (excluding diaryl/α,β-unsaturated/α-hetero) is 1. The summed E-state index contributed by atoms with van der Waals surface area (Å²) in [5.74, 6) is -0.00517. The van der Waals surface area contributed by atoms with Gasteiger partial charge in [0.1, 0.15) is 0 Å². The zero-order chi connectivity index (χ0) is 23.1. The first-order chi connectivity index (χ1) is 15.5. The quantitative estimate of drug-likeness (QED) is 0.312. The number of likely N-dealkylation sites (N-methyl/N-ethyl adjacent to an activating group) is 1. The fourth-order valence-electron chi connectivity index (χ4n) is 3.52. The van der Waals surface area contributed by atoms with Crippen LogP contribution in [0.2, 0.25) is 0 Å². The summed E-state index contributed by atoms with van der Waals surface area (Å²) in [4.78, 5) is 44.8. The fraction of sp³-hybridized carbons (Fsp3) is 0.304. The molecule has 3 rings (SSSR count). The van der Waals surface area contributed by atoms with Gasteiger partial charge in [0.25, 0.3) is 11.6 Å². The van der Waals surface area contributed by atoms with Crippen molar-refractivity contribution in [3.8, 4) is 0 Å². The van der Waals surface area contributed by atoms with Crippen LogP contribution >= 0.6 is 21.6 Å². The molecule has 0 fully saturated rings. The highest BCUT2D eigenvalue weighted by molar-refractivity contribution is 8.76. The Hall–Kier alpha value is -2.46. The van der Waals surface area contributed by atoms with Gasteiger partial charge in [0.05, 0.1) is 24.0 Å². The van der Waals surface area contributed by atoms with Gasteiger partial charge in [0, 0.05) is 22.6 Å². The highest BCUT2D eigenvalue weighted by Crippen LogP contribution is 2.32. The Kier molecular flexibility index (Phi) is 8.25. The van der Waals surface area contributed by atoms with E-state index in [4.69, 9.17) is 10.7 Å². The van der Waals surface area contributed by atoms with Crippen molar-refractivity contribution in [2.45, 2.75) is 18.6 Å². The maximum atomic E-state index is 13.8. The highest BCUT2D eigenvalue weighted by atomic mass is 33.1. The number of para-hydroxylation sites is 1. The van der Waals surface area contributed by atoms with Crippen molar-refractivity contribution >= 4 is 51.0 Å². The first-order valence-corrected chi connectivity index (χ1v) is 12.6. The SMILES string of the molecule is CCSSCC(N)C(=O)C1(NC)N=C(c2ccccc2)c2ccccc2N(C[C]=O)C1=O. The Bertz CT molecular complexity index is 1020. The molecule has 167 valence electrons. The number of anilines is 1. The van der Waals surface area contributed by atoms with Crippen molar-refractivity contribution in [1.82, 2.24) is 5.32 Å². The van der Waals surface area contributed by atoms with Crippen molar-refractivity contribution in [3.05, 3.63) is 65.7 Å². The van der Waals surface area contributed by atoms with Crippen molar-refractivity contribution in [1.29, 1.82) is 0 Å². The molecular weight excluding hydrogens is 444 g/mol. The maximum Gasteiger partial charge on any atom is 0.278 e. The van der Waals surface area contributed by atoms with Crippen LogP contribution in [0.1, 0.15) is 18.1 Å². The number of carbonyl (C=O) groups is 2. The van der Waals surface area contributed by atoms with E-state index in [2.05, 4.69) is 5.32 Å². The monoisotopic (exact) mass is 469 g/mol. The molecule has 1 heterocycles. The Labute approximate surface area is 195 Å². The van der Waals surface area contributed by atoms with Gasteiger partial charge in [-0.25, -0.2) is 4.99 Å². The summed E-state index contributed by atoms with van der Waals surface area (Å²) in [6, 6.07) is 15.5. The number of rotatable bonds is 10. The third kappa shape index (κ3) is 4.66. The summed E-state index contributed by atoms with van der Waals surface area (Å²) < 4.78 is 0. The van der Waals surface area contributed by atoms with Crippen LogP contribution in [0, 0.1) is 0 Å². The first kappa shape index (κ1) is 24.2. The molecule has 0 aliphatic carbocycles. The Morgan fingerprint density at radius 2 is 1.88 bits per heavy atom. The number of amides is 1. The Balaban J connectivity index is 2.22. The average molecular weight is 470 g/mol. The van der Waals surface area contributed by atoms with Crippen molar-refractivity contribution in [3.63, 3.8) is 0 Å². The molecule has 2 unspecified atom stereocenters. The normalized spacial score (nSPS) is 19.0. The molecule has 0 aromatic heterocycles. The Morgan fingerprint density at radius 3 is 2.53 bits per heavy atom. The van der Waals surface area contributed by atoms with E-state index in [9.17, 15) is 14.4 Å². The van der Waals surface area contributed by atoms with E-state index in [1.807, 2.05) is 49.4 Å². The van der Waals surface area contributed by atoms with Crippen LogP contribution < -0.4 is 16.0 Å². The van der Waals surface area contributed by atoms with Crippen LogP contribution in [0.25, 0.3) is 0 Å². The molecule has 0 saturated carbocycles. The number of benzodiazepines with no additional fused rings is 1. The van der Waals surface area contributed by atoms with Crippen molar-refractivity contribution < 1.29 is 14.4 Å². The minimum atomic E-state index is -1.97. The van der Waals surface area contributed by atoms with Crippen molar-refractivity contribution in [2.24, 2.45) is 10.7 Å². The van der Waals surface area contributed by atoms with Crippen LogP contribution in [0.3, 0.4) is 0 Å². The largest absolute Gasteiger partial charge is 0.321 e. The molecule has 1 aliphatic heterocycles. The highest BCUT2D eigenvalue weighted by Gasteiger charge is 2.51. The molecule has 32 heavy (non-hydrogen) atoms. The van der Waals surface area contributed by atoms with E-state index >= 15 is 0 Å². The number of nitrogens with one attached hydrogen (secondary N) is 1. The summed E-state index contributed by atoms with van der Waals surface area (Å²) in [6.45, 7) is 1.68. The van der Waals surface area contributed by atoms with E-state index in [1.54, 1.807) is 29.2 Å². The van der Waals surface area contributed by atoms with Gasteiger partial charge < -0.3 is 10.6 Å². The number of aliphatic imine (C=N–C) groups is 1. The molecule has 2 atom stereocenters. The molecule has 3 N–H and O–H groups in total. The molecule has 1 radical (unpaired) electrons. The van der Waals surface area contributed by atoms with Gasteiger partial charge >= 0.3 is 0 Å². The number of hydrogen-bond donors (Lipinski definition) is 2. The molecule has 1 amide bonds. The fourth-order valence-corrected chi connectivity index (χ4v) is 5.31. The first-order valence-electron chi connectivity index (χ1n) is 10.1. The van der Waals surface area contributed by atoms with Crippen LogP contribution in [0.4, 0.5) is 5.69 Å². The van der Waals surface area contributed by atoms with E-state index in [-0.39, 0.29) is 6.54 Å². The molecule has 1 aliphatic rings. The number of carbonyl (C=O) groups excluding carboxylic acids is 3. The number of nitrogens with two attached hydrogens (primary N) is 1. The number of benzene rings is 2. The standard InChI is InChI=1S/C23H25N4O3S2/c1-3-31-32-15-18(24)21(29)23(25-2)22(30)27(13-14-28)19-12-8-7-11-17(19)20(26-23)16-9-5-4-6-10-16/h4-12,18,25H,3,13,15,24H2,1-2H3. The zero-order valence-electron chi connectivity index (χ0n) is 17.9. The van der Waals surface area contributed by atoms with Crippen LogP contribution in [0.15, 0.2) is 59.6 Å². The third-order valence-electron chi connectivity index (χ3n) is 5.06. The third-order valence-corrected chi connectivity index (χ3v) is 7.57. The zero-order valence-corrected chi connectivity index (χ0v) is 19.5. The lowest BCUT2D eigenvalue weighted by molar-refractivity contribution is -0.136.